The number of nitrogens with zero attached hydrogens (tertiary/aromatic N) is 4. The molecule has 0 unspecified atom stereocenters. The summed E-state index contributed by atoms with van der Waals surface area (Å²) < 4.78 is 15.1. The number of ether oxygens (including phenoxy) is 2. The van der Waals surface area contributed by atoms with E-state index in [4.69, 9.17) is 9.47 Å². The van der Waals surface area contributed by atoms with Crippen LogP contribution in [0.5, 0.6) is 5.75 Å². The summed E-state index contributed by atoms with van der Waals surface area (Å²) in [6, 6.07) is 3.92. The van der Waals surface area contributed by atoms with Crippen LogP contribution in [-0.2, 0) is 23.6 Å². The van der Waals surface area contributed by atoms with Gasteiger partial charge < -0.3 is 18.9 Å². The Bertz CT molecular complexity index is 734. The Morgan fingerprint density at radius 2 is 2.21 bits per heavy atom. The molecule has 0 spiro atoms. The van der Waals surface area contributed by atoms with E-state index in [0.29, 0.717) is 25.5 Å². The lowest BCUT2D eigenvalue weighted by molar-refractivity contribution is -0.142. The molecule has 1 fully saturated rings. The normalized spacial score (nSPS) is 18.0. The van der Waals surface area contributed by atoms with Crippen molar-refractivity contribution in [1.29, 1.82) is 0 Å². The van der Waals surface area contributed by atoms with Gasteiger partial charge in [0.1, 0.15) is 5.69 Å². The topological polar surface area (TPSA) is 61.5 Å². The average Bonchev–Trinajstić information content (AvgIpc) is 3.09. The molecule has 3 heterocycles. The van der Waals surface area contributed by atoms with E-state index in [2.05, 4.69) is 5.10 Å². The van der Waals surface area contributed by atoms with Crippen molar-refractivity contribution >= 4 is 5.91 Å². The van der Waals surface area contributed by atoms with Gasteiger partial charge in [-0.25, -0.2) is 0 Å². The maximum absolute atomic E-state index is 12.7. The molecule has 0 bridgehead atoms. The molecule has 1 saturated heterocycles. The van der Waals surface area contributed by atoms with Crippen LogP contribution in [0, 0.1) is 13.8 Å². The second-order valence-corrected chi connectivity index (χ2v) is 6.13. The highest BCUT2D eigenvalue weighted by atomic mass is 16.5. The molecule has 24 heavy (non-hydrogen) atoms. The van der Waals surface area contributed by atoms with Crippen LogP contribution in [0.25, 0.3) is 0 Å². The number of hydrogen-bond acceptors (Lipinski definition) is 4. The molecular formula is C17H24N4O3. The lowest BCUT2D eigenvalue weighted by Crippen LogP contribution is -2.45. The van der Waals surface area contributed by atoms with Crippen LogP contribution < -0.4 is 4.74 Å². The third-order valence-electron chi connectivity index (χ3n) is 4.56. The maximum Gasteiger partial charge on any atom is 0.261 e. The summed E-state index contributed by atoms with van der Waals surface area (Å²) in [5, 5.41) is 4.31. The minimum atomic E-state index is -0.0778. The number of carbonyl (C=O) groups is 1. The van der Waals surface area contributed by atoms with E-state index < -0.39 is 0 Å². The summed E-state index contributed by atoms with van der Waals surface area (Å²) in [7, 11) is 3.84. The fourth-order valence-electron chi connectivity index (χ4n) is 3.15. The van der Waals surface area contributed by atoms with Crippen molar-refractivity contribution in [3.63, 3.8) is 0 Å². The van der Waals surface area contributed by atoms with Gasteiger partial charge in [-0.1, -0.05) is 0 Å². The monoisotopic (exact) mass is 332 g/mol. The van der Waals surface area contributed by atoms with Gasteiger partial charge in [0, 0.05) is 32.5 Å². The van der Waals surface area contributed by atoms with E-state index in [1.54, 1.807) is 4.68 Å². The van der Waals surface area contributed by atoms with Gasteiger partial charge in [0.2, 0.25) is 0 Å². The molecule has 0 aromatic carbocycles. The molecule has 1 amide bonds. The second kappa shape index (κ2) is 6.68. The zero-order valence-electron chi connectivity index (χ0n) is 14.7. The Kier molecular flexibility index (Phi) is 4.62. The molecule has 130 valence electrons. The highest BCUT2D eigenvalue weighted by Crippen LogP contribution is 2.25. The predicted octanol–water partition coefficient (Wildman–Crippen LogP) is 1.35. The first-order valence-corrected chi connectivity index (χ1v) is 8.10. The average molecular weight is 332 g/mol. The molecule has 1 aliphatic heterocycles. The molecule has 0 N–H and O–H groups in total. The van der Waals surface area contributed by atoms with E-state index in [1.807, 2.05) is 55.7 Å². The minimum Gasteiger partial charge on any atom is -0.480 e. The van der Waals surface area contributed by atoms with E-state index >= 15 is 0 Å². The summed E-state index contributed by atoms with van der Waals surface area (Å²) in [5.41, 5.74) is 2.78. The Balaban J connectivity index is 1.72. The van der Waals surface area contributed by atoms with Crippen LogP contribution in [0.1, 0.15) is 23.1 Å². The number of morpholine rings is 1. The second-order valence-electron chi connectivity index (χ2n) is 6.13. The van der Waals surface area contributed by atoms with E-state index in [9.17, 15) is 4.79 Å². The van der Waals surface area contributed by atoms with E-state index in [1.165, 1.54) is 0 Å². The Labute approximate surface area is 141 Å². The Morgan fingerprint density at radius 3 is 2.83 bits per heavy atom. The van der Waals surface area contributed by atoms with Crippen molar-refractivity contribution in [2.24, 2.45) is 14.1 Å². The minimum absolute atomic E-state index is 0.00823. The van der Waals surface area contributed by atoms with Crippen LogP contribution in [-0.4, -0.2) is 51.5 Å². The fraction of sp³-hybridized carbons (Fsp3) is 0.529. The van der Waals surface area contributed by atoms with Crippen molar-refractivity contribution in [2.75, 3.05) is 26.4 Å². The first-order valence-electron chi connectivity index (χ1n) is 8.10. The third-order valence-corrected chi connectivity index (χ3v) is 4.56. The smallest absolute Gasteiger partial charge is 0.261 e. The molecule has 0 saturated carbocycles. The molecule has 0 aliphatic carbocycles. The number of hydrogen-bond donors (Lipinski definition) is 0. The molecule has 0 radical (unpaired) electrons. The number of aryl methyl sites for hydroxylation is 3. The summed E-state index contributed by atoms with van der Waals surface area (Å²) in [6.45, 7) is 5.46. The molecule has 2 aromatic heterocycles. The SMILES string of the molecule is Cc1nn(C)c(C)c1OCC(=O)N1CCOC[C@H]1c1cccn1C. The van der Waals surface area contributed by atoms with E-state index in [-0.39, 0.29) is 18.6 Å². The largest absolute Gasteiger partial charge is 0.480 e. The van der Waals surface area contributed by atoms with E-state index in [0.717, 1.165) is 17.1 Å². The maximum atomic E-state index is 12.7. The quantitative estimate of drug-likeness (QED) is 0.848. The van der Waals surface area contributed by atoms with Gasteiger partial charge >= 0.3 is 0 Å². The fourth-order valence-corrected chi connectivity index (χ4v) is 3.15. The molecule has 1 aliphatic rings. The molecule has 2 aromatic rings. The lowest BCUT2D eigenvalue weighted by Gasteiger charge is -2.35. The van der Waals surface area contributed by atoms with Gasteiger partial charge in [-0.15, -0.1) is 0 Å². The zero-order valence-corrected chi connectivity index (χ0v) is 14.7. The summed E-state index contributed by atoms with van der Waals surface area (Å²) in [5.74, 6) is 0.654. The summed E-state index contributed by atoms with van der Waals surface area (Å²) in [6.07, 6.45) is 1.98. The number of aromatic nitrogens is 3. The predicted molar refractivity (Wildman–Crippen MR) is 88.9 cm³/mol. The van der Waals surface area contributed by atoms with Crippen LogP contribution >= 0.6 is 0 Å². The van der Waals surface area contributed by atoms with Gasteiger partial charge in [-0.3, -0.25) is 9.48 Å². The molecule has 7 nitrogen and oxygen atoms in total. The zero-order chi connectivity index (χ0) is 17.3. The van der Waals surface area contributed by atoms with Crippen molar-refractivity contribution in [1.82, 2.24) is 19.2 Å². The first-order chi connectivity index (χ1) is 11.5. The summed E-state index contributed by atoms with van der Waals surface area (Å²) in [4.78, 5) is 14.6. The number of carbonyl (C=O) groups excluding carboxylic acids is 1. The highest BCUT2D eigenvalue weighted by molar-refractivity contribution is 5.78. The van der Waals surface area contributed by atoms with Crippen LogP contribution in [0.2, 0.25) is 0 Å². The molecule has 3 rings (SSSR count). The third kappa shape index (κ3) is 3.03. The molecular weight excluding hydrogens is 308 g/mol. The molecule has 7 heteroatoms. The van der Waals surface area contributed by atoms with Crippen molar-refractivity contribution in [2.45, 2.75) is 19.9 Å². The number of rotatable bonds is 4. The van der Waals surface area contributed by atoms with Gasteiger partial charge in [0.05, 0.1) is 24.9 Å². The molecule has 1 atom stereocenters. The lowest BCUT2D eigenvalue weighted by atomic mass is 10.1. The van der Waals surface area contributed by atoms with Crippen LogP contribution in [0.4, 0.5) is 0 Å². The van der Waals surface area contributed by atoms with Crippen molar-refractivity contribution in [3.8, 4) is 5.75 Å². The summed E-state index contributed by atoms with van der Waals surface area (Å²) >= 11 is 0. The van der Waals surface area contributed by atoms with Crippen LogP contribution in [0.3, 0.4) is 0 Å². The van der Waals surface area contributed by atoms with Gasteiger partial charge in [-0.2, -0.15) is 5.10 Å². The van der Waals surface area contributed by atoms with Crippen molar-refractivity contribution in [3.05, 3.63) is 35.4 Å². The Morgan fingerprint density at radius 1 is 1.42 bits per heavy atom. The highest BCUT2D eigenvalue weighted by Gasteiger charge is 2.30. The van der Waals surface area contributed by atoms with Gasteiger partial charge in [0.25, 0.3) is 5.91 Å². The number of amides is 1. The van der Waals surface area contributed by atoms with Crippen LogP contribution in [0.15, 0.2) is 18.3 Å². The Hall–Kier alpha value is -2.28. The standard InChI is InChI=1S/C17H24N4O3/c1-12-17(13(2)20(4)18-12)24-11-16(22)21-8-9-23-10-15(21)14-6-5-7-19(14)3/h5-7,15H,8-11H2,1-4H3/t15-/m0/s1. The van der Waals surface area contributed by atoms with Gasteiger partial charge in [-0.05, 0) is 26.0 Å². The van der Waals surface area contributed by atoms with Gasteiger partial charge in [0.15, 0.2) is 12.4 Å². The first kappa shape index (κ1) is 16.6. The van der Waals surface area contributed by atoms with Crippen molar-refractivity contribution < 1.29 is 14.3 Å².